The molecule has 15 heavy (non-hydrogen) atoms. The number of aliphatic carboxylic acids is 1. The zero-order chi connectivity index (χ0) is 11.0. The van der Waals surface area contributed by atoms with Gasteiger partial charge in [-0.25, -0.2) is 9.18 Å². The predicted molar refractivity (Wildman–Crippen MR) is 49.3 cm³/mol. The first-order valence-corrected chi connectivity index (χ1v) is 4.28. The number of carbonyl (C=O) groups is 1. The Bertz CT molecular complexity index is 447. The van der Waals surface area contributed by atoms with Gasteiger partial charge in [0.1, 0.15) is 5.82 Å². The normalized spacial score (nSPS) is 23.6. The summed E-state index contributed by atoms with van der Waals surface area (Å²) in [5.74, 6) is -1.59. The minimum Gasteiger partial charge on any atom is -0.480 e. The molecule has 0 aromatic heterocycles. The van der Waals surface area contributed by atoms with E-state index in [1.165, 1.54) is 18.2 Å². The second-order valence-corrected chi connectivity index (χ2v) is 3.23. The van der Waals surface area contributed by atoms with Crippen LogP contribution in [0, 0.1) is 5.82 Å². The van der Waals surface area contributed by atoms with Gasteiger partial charge in [0.25, 0.3) is 0 Å². The van der Waals surface area contributed by atoms with Crippen molar-refractivity contribution in [1.82, 2.24) is 0 Å². The molecule has 0 fully saturated rings. The quantitative estimate of drug-likeness (QED) is 0.732. The van der Waals surface area contributed by atoms with E-state index in [2.05, 4.69) is 10.2 Å². The molecule has 1 aromatic carbocycles. The van der Waals surface area contributed by atoms with Gasteiger partial charge in [0.15, 0.2) is 6.04 Å². The van der Waals surface area contributed by atoms with Crippen LogP contribution in [0.1, 0.15) is 11.6 Å². The van der Waals surface area contributed by atoms with Crippen LogP contribution in [0.15, 0.2) is 28.4 Å². The molecule has 1 aliphatic rings. The smallest absolute Gasteiger partial charge is 0.332 e. The summed E-state index contributed by atoms with van der Waals surface area (Å²) in [6, 6.07) is 1.96. The number of azo groups is 1. The molecule has 0 amide bonds. The van der Waals surface area contributed by atoms with Crippen molar-refractivity contribution in [3.8, 4) is 0 Å². The summed E-state index contributed by atoms with van der Waals surface area (Å²) in [5, 5.41) is 15.9. The molecule has 0 saturated heterocycles. The Morgan fingerprint density at radius 2 is 2.27 bits per heavy atom. The fraction of sp³-hybridized carbons (Fsp3) is 0.222. The van der Waals surface area contributed by atoms with Crippen LogP contribution in [0.25, 0.3) is 0 Å². The van der Waals surface area contributed by atoms with Crippen molar-refractivity contribution < 1.29 is 14.3 Å². The molecule has 1 aliphatic heterocycles. The van der Waals surface area contributed by atoms with E-state index in [9.17, 15) is 9.18 Å². The van der Waals surface area contributed by atoms with E-state index < -0.39 is 23.9 Å². The highest BCUT2D eigenvalue weighted by molar-refractivity contribution is 5.76. The first-order chi connectivity index (χ1) is 7.09. The van der Waals surface area contributed by atoms with Crippen LogP contribution in [0.2, 0.25) is 0 Å². The number of nitrogens with zero attached hydrogens (tertiary/aromatic N) is 2. The van der Waals surface area contributed by atoms with Gasteiger partial charge in [-0.1, -0.05) is 6.07 Å². The van der Waals surface area contributed by atoms with Gasteiger partial charge >= 0.3 is 5.97 Å². The van der Waals surface area contributed by atoms with Crippen molar-refractivity contribution >= 4 is 11.7 Å². The molecule has 0 radical (unpaired) electrons. The second-order valence-electron chi connectivity index (χ2n) is 3.23. The number of fused-ring (bicyclic) bond motifs is 1. The van der Waals surface area contributed by atoms with E-state index in [1.54, 1.807) is 0 Å². The third-order valence-corrected chi connectivity index (χ3v) is 2.23. The number of halogens is 1. The number of hydrogen-bond donors (Lipinski definition) is 2. The molecule has 0 bridgehead atoms. The summed E-state index contributed by atoms with van der Waals surface area (Å²) in [6.45, 7) is 0. The lowest BCUT2D eigenvalue weighted by Gasteiger charge is -2.21. The van der Waals surface area contributed by atoms with Crippen LogP contribution in [0.3, 0.4) is 0 Å². The summed E-state index contributed by atoms with van der Waals surface area (Å²) < 4.78 is 12.8. The molecular formula is C9H8FN3O2. The van der Waals surface area contributed by atoms with Crippen LogP contribution in [0.4, 0.5) is 10.1 Å². The number of nitrogens with two attached hydrogens (primary N) is 1. The average Bonchev–Trinajstić information content (AvgIpc) is 2.17. The Kier molecular flexibility index (Phi) is 2.20. The lowest BCUT2D eigenvalue weighted by molar-refractivity contribution is -0.139. The van der Waals surface area contributed by atoms with Crippen molar-refractivity contribution in [1.29, 1.82) is 0 Å². The van der Waals surface area contributed by atoms with E-state index in [1.807, 2.05) is 0 Å². The van der Waals surface area contributed by atoms with Gasteiger partial charge in [0.05, 0.1) is 11.7 Å². The largest absolute Gasteiger partial charge is 0.480 e. The molecule has 1 aromatic rings. The Morgan fingerprint density at radius 3 is 2.93 bits per heavy atom. The van der Waals surface area contributed by atoms with Crippen molar-refractivity contribution in [3.05, 3.63) is 29.6 Å². The minimum atomic E-state index is -1.14. The van der Waals surface area contributed by atoms with Crippen LogP contribution in [0.5, 0.6) is 0 Å². The van der Waals surface area contributed by atoms with Crippen molar-refractivity contribution in [3.63, 3.8) is 0 Å². The summed E-state index contributed by atoms with van der Waals surface area (Å²) in [7, 11) is 0. The van der Waals surface area contributed by atoms with Crippen LogP contribution in [-0.2, 0) is 4.79 Å². The molecule has 6 heteroatoms. The molecular weight excluding hydrogens is 201 g/mol. The topological polar surface area (TPSA) is 88.0 Å². The van der Waals surface area contributed by atoms with Gasteiger partial charge in [-0.15, -0.1) is 0 Å². The number of benzene rings is 1. The van der Waals surface area contributed by atoms with Gasteiger partial charge in [-0.05, 0) is 11.6 Å². The van der Waals surface area contributed by atoms with Gasteiger partial charge in [-0.2, -0.15) is 10.2 Å². The van der Waals surface area contributed by atoms with Gasteiger partial charge < -0.3 is 10.8 Å². The minimum absolute atomic E-state index is 0.292. The number of carboxylic acid groups (broad SMARTS) is 1. The molecule has 3 N–H and O–H groups in total. The predicted octanol–water partition coefficient (Wildman–Crippen LogP) is 1.38. The summed E-state index contributed by atoms with van der Waals surface area (Å²) in [5.41, 5.74) is 6.48. The molecule has 2 atom stereocenters. The monoisotopic (exact) mass is 209 g/mol. The van der Waals surface area contributed by atoms with E-state index in [4.69, 9.17) is 10.8 Å². The first kappa shape index (κ1) is 9.72. The van der Waals surface area contributed by atoms with Gasteiger partial charge in [-0.3, -0.25) is 0 Å². The van der Waals surface area contributed by atoms with Crippen molar-refractivity contribution in [2.45, 2.75) is 12.1 Å². The standard InChI is InChI=1S/C9H8FN3O2/c10-4-1-2-5-6(3-4)12-13-8(7(5)11)9(14)15/h1-3,7-8H,11H2,(H,14,15)/t7-,8+/m1/s1. The molecule has 0 aliphatic carbocycles. The maximum atomic E-state index is 12.8. The summed E-state index contributed by atoms with van der Waals surface area (Å²) in [4.78, 5) is 10.7. The molecule has 0 unspecified atom stereocenters. The van der Waals surface area contributed by atoms with Gasteiger partial charge in [0.2, 0.25) is 0 Å². The van der Waals surface area contributed by atoms with Crippen LogP contribution >= 0.6 is 0 Å². The van der Waals surface area contributed by atoms with E-state index in [0.717, 1.165) is 0 Å². The number of hydrogen-bond acceptors (Lipinski definition) is 4. The highest BCUT2D eigenvalue weighted by Crippen LogP contribution is 2.33. The number of carboxylic acids is 1. The Balaban J connectivity index is 2.46. The highest BCUT2D eigenvalue weighted by Gasteiger charge is 2.31. The zero-order valence-corrected chi connectivity index (χ0v) is 7.59. The Morgan fingerprint density at radius 1 is 1.53 bits per heavy atom. The second kappa shape index (κ2) is 3.39. The molecule has 78 valence electrons. The molecule has 0 saturated carbocycles. The molecule has 2 rings (SSSR count). The maximum Gasteiger partial charge on any atom is 0.332 e. The van der Waals surface area contributed by atoms with Crippen LogP contribution in [-0.4, -0.2) is 17.1 Å². The average molecular weight is 209 g/mol. The fourth-order valence-corrected chi connectivity index (χ4v) is 1.45. The van der Waals surface area contributed by atoms with E-state index in [-0.39, 0.29) is 0 Å². The fourth-order valence-electron chi connectivity index (χ4n) is 1.45. The van der Waals surface area contributed by atoms with E-state index >= 15 is 0 Å². The summed E-state index contributed by atoms with van der Waals surface area (Å²) in [6.07, 6.45) is 0. The lowest BCUT2D eigenvalue weighted by Crippen LogP contribution is -2.33. The third-order valence-electron chi connectivity index (χ3n) is 2.23. The molecule has 0 spiro atoms. The van der Waals surface area contributed by atoms with Crippen molar-refractivity contribution in [2.75, 3.05) is 0 Å². The Labute approximate surface area is 84.4 Å². The van der Waals surface area contributed by atoms with Crippen molar-refractivity contribution in [2.24, 2.45) is 16.0 Å². The lowest BCUT2D eigenvalue weighted by atomic mass is 9.98. The highest BCUT2D eigenvalue weighted by atomic mass is 19.1. The van der Waals surface area contributed by atoms with Crippen LogP contribution < -0.4 is 5.73 Å². The zero-order valence-electron chi connectivity index (χ0n) is 7.59. The Hall–Kier alpha value is -1.82. The van der Waals surface area contributed by atoms with E-state index in [0.29, 0.717) is 11.3 Å². The molecule has 5 nitrogen and oxygen atoms in total. The van der Waals surface area contributed by atoms with Gasteiger partial charge in [0, 0.05) is 6.07 Å². The third kappa shape index (κ3) is 1.59. The number of rotatable bonds is 1. The maximum absolute atomic E-state index is 12.8. The molecule has 1 heterocycles. The SMILES string of the molecule is N[C@@H]1c2ccc(F)cc2N=N[C@@H]1C(=O)O. The summed E-state index contributed by atoms with van der Waals surface area (Å²) >= 11 is 0. The first-order valence-electron chi connectivity index (χ1n) is 4.28.